The van der Waals surface area contributed by atoms with E-state index in [1.54, 1.807) is 0 Å². The molecule has 1 aromatic carbocycles. The Labute approximate surface area is 127 Å². The summed E-state index contributed by atoms with van der Waals surface area (Å²) < 4.78 is 0. The van der Waals surface area contributed by atoms with Crippen LogP contribution in [0.5, 0.6) is 0 Å². The van der Waals surface area contributed by atoms with Crippen molar-refractivity contribution in [3.8, 4) is 0 Å². The van der Waals surface area contributed by atoms with E-state index in [1.807, 2.05) is 6.07 Å². The zero-order chi connectivity index (χ0) is 14.8. The molecule has 0 N–H and O–H groups in total. The number of piperazine rings is 1. The van der Waals surface area contributed by atoms with Crippen LogP contribution in [0.15, 0.2) is 18.2 Å². The van der Waals surface area contributed by atoms with Crippen LogP contribution in [0.1, 0.15) is 41.3 Å². The van der Waals surface area contributed by atoms with Gasteiger partial charge in [-0.3, -0.25) is 9.69 Å². The fourth-order valence-corrected chi connectivity index (χ4v) is 3.63. The van der Waals surface area contributed by atoms with Gasteiger partial charge in [0.25, 0.3) is 0 Å². The Morgan fingerprint density at radius 1 is 1.24 bits per heavy atom. The summed E-state index contributed by atoms with van der Waals surface area (Å²) in [5.74, 6) is 0.282. The molecule has 1 heterocycles. The van der Waals surface area contributed by atoms with E-state index in [9.17, 15) is 4.79 Å². The topological polar surface area (TPSA) is 23.6 Å². The first-order valence-electron chi connectivity index (χ1n) is 8.25. The molecule has 21 heavy (non-hydrogen) atoms. The number of hydrogen-bond acceptors (Lipinski definition) is 3. The van der Waals surface area contributed by atoms with Gasteiger partial charge in [0.2, 0.25) is 0 Å². The molecule has 1 saturated heterocycles. The standard InChI is InChI=1S/C18H26N2O/c1-3-17-12-20(10-9-19(17)2)13-18(21)16-8-7-14-5-4-6-15(14)11-16/h7-8,11,17H,3-6,9-10,12-13H2,1-2H3. The number of benzene rings is 1. The first kappa shape index (κ1) is 14.7. The molecule has 0 amide bonds. The maximum atomic E-state index is 12.5. The van der Waals surface area contributed by atoms with Gasteiger partial charge < -0.3 is 4.90 Å². The van der Waals surface area contributed by atoms with E-state index in [2.05, 4.69) is 35.9 Å². The molecule has 0 spiro atoms. The highest BCUT2D eigenvalue weighted by Gasteiger charge is 2.24. The van der Waals surface area contributed by atoms with E-state index in [1.165, 1.54) is 24.0 Å². The van der Waals surface area contributed by atoms with Gasteiger partial charge in [-0.05, 0) is 49.9 Å². The summed E-state index contributed by atoms with van der Waals surface area (Å²) in [5, 5.41) is 0. The van der Waals surface area contributed by atoms with Gasteiger partial charge in [0, 0.05) is 31.2 Å². The lowest BCUT2D eigenvalue weighted by Gasteiger charge is -2.38. The maximum Gasteiger partial charge on any atom is 0.176 e. The van der Waals surface area contributed by atoms with Gasteiger partial charge in [0.15, 0.2) is 5.78 Å². The smallest absolute Gasteiger partial charge is 0.176 e. The third kappa shape index (κ3) is 3.19. The zero-order valence-electron chi connectivity index (χ0n) is 13.3. The minimum atomic E-state index is 0.282. The number of nitrogens with zero attached hydrogens (tertiary/aromatic N) is 2. The summed E-state index contributed by atoms with van der Waals surface area (Å²) in [4.78, 5) is 17.3. The number of aryl methyl sites for hydroxylation is 2. The minimum Gasteiger partial charge on any atom is -0.301 e. The fraction of sp³-hybridized carbons (Fsp3) is 0.611. The molecule has 0 radical (unpaired) electrons. The van der Waals surface area contributed by atoms with E-state index in [0.29, 0.717) is 12.6 Å². The SMILES string of the molecule is CCC1CN(CC(=O)c2ccc3c(c2)CCC3)CCN1C. The second-order valence-electron chi connectivity index (χ2n) is 6.54. The van der Waals surface area contributed by atoms with Crippen LogP contribution in [0.2, 0.25) is 0 Å². The van der Waals surface area contributed by atoms with Crippen molar-refractivity contribution in [1.29, 1.82) is 0 Å². The molecule has 3 nitrogen and oxygen atoms in total. The van der Waals surface area contributed by atoms with Crippen LogP contribution in [0.3, 0.4) is 0 Å². The summed E-state index contributed by atoms with van der Waals surface area (Å²) in [6.45, 7) is 5.89. The number of likely N-dealkylation sites (N-methyl/N-ethyl adjacent to an activating group) is 1. The summed E-state index contributed by atoms with van der Waals surface area (Å²) >= 11 is 0. The Hall–Kier alpha value is -1.19. The highest BCUT2D eigenvalue weighted by molar-refractivity contribution is 5.97. The molecular weight excluding hydrogens is 260 g/mol. The van der Waals surface area contributed by atoms with Gasteiger partial charge >= 0.3 is 0 Å². The lowest BCUT2D eigenvalue weighted by Crippen LogP contribution is -2.52. The Kier molecular flexibility index (Phi) is 4.41. The molecule has 1 unspecified atom stereocenters. The Morgan fingerprint density at radius 3 is 2.86 bits per heavy atom. The minimum absolute atomic E-state index is 0.282. The summed E-state index contributed by atoms with van der Waals surface area (Å²) in [5.41, 5.74) is 3.74. The second-order valence-corrected chi connectivity index (χ2v) is 6.54. The van der Waals surface area contributed by atoms with Crippen molar-refractivity contribution < 1.29 is 4.79 Å². The van der Waals surface area contributed by atoms with Gasteiger partial charge in [0.05, 0.1) is 6.54 Å². The van der Waals surface area contributed by atoms with Crippen molar-refractivity contribution in [2.24, 2.45) is 0 Å². The molecule has 1 fully saturated rings. The largest absolute Gasteiger partial charge is 0.301 e. The predicted octanol–water partition coefficient (Wildman–Crippen LogP) is 2.38. The Morgan fingerprint density at radius 2 is 2.05 bits per heavy atom. The fourth-order valence-electron chi connectivity index (χ4n) is 3.63. The number of rotatable bonds is 4. The van der Waals surface area contributed by atoms with Crippen molar-refractivity contribution >= 4 is 5.78 Å². The van der Waals surface area contributed by atoms with Crippen LogP contribution in [-0.2, 0) is 12.8 Å². The first-order valence-corrected chi connectivity index (χ1v) is 8.25. The average molecular weight is 286 g/mol. The van der Waals surface area contributed by atoms with Gasteiger partial charge in [-0.25, -0.2) is 0 Å². The first-order chi connectivity index (χ1) is 10.2. The van der Waals surface area contributed by atoms with Crippen molar-refractivity contribution in [3.05, 3.63) is 34.9 Å². The molecule has 1 aliphatic heterocycles. The number of ketones is 1. The highest BCUT2D eigenvalue weighted by Crippen LogP contribution is 2.23. The molecule has 1 aromatic rings. The molecule has 1 atom stereocenters. The van der Waals surface area contributed by atoms with Gasteiger partial charge in [0.1, 0.15) is 0 Å². The van der Waals surface area contributed by atoms with Crippen LogP contribution < -0.4 is 0 Å². The molecule has 3 rings (SSSR count). The molecule has 2 aliphatic rings. The third-order valence-corrected chi connectivity index (χ3v) is 5.12. The summed E-state index contributed by atoms with van der Waals surface area (Å²) in [6, 6.07) is 6.92. The van der Waals surface area contributed by atoms with E-state index >= 15 is 0 Å². The predicted molar refractivity (Wildman–Crippen MR) is 85.9 cm³/mol. The van der Waals surface area contributed by atoms with Gasteiger partial charge in [-0.1, -0.05) is 19.1 Å². The van der Waals surface area contributed by atoms with Gasteiger partial charge in [-0.15, -0.1) is 0 Å². The normalized spacial score (nSPS) is 23.2. The number of carbonyl (C=O) groups excluding carboxylic acids is 1. The van der Waals surface area contributed by atoms with Crippen molar-refractivity contribution in [2.45, 2.75) is 38.6 Å². The number of carbonyl (C=O) groups is 1. The monoisotopic (exact) mass is 286 g/mol. The van der Waals surface area contributed by atoms with Crippen LogP contribution in [0, 0.1) is 0 Å². The molecule has 1 aliphatic carbocycles. The summed E-state index contributed by atoms with van der Waals surface area (Å²) in [6.07, 6.45) is 4.72. The van der Waals surface area contributed by atoms with Crippen LogP contribution in [-0.4, -0.2) is 54.9 Å². The third-order valence-electron chi connectivity index (χ3n) is 5.12. The van der Waals surface area contributed by atoms with E-state index in [0.717, 1.165) is 38.0 Å². The van der Waals surface area contributed by atoms with Crippen LogP contribution in [0.25, 0.3) is 0 Å². The molecule has 0 aromatic heterocycles. The van der Waals surface area contributed by atoms with Crippen molar-refractivity contribution in [2.75, 3.05) is 33.2 Å². The van der Waals surface area contributed by atoms with Crippen LogP contribution >= 0.6 is 0 Å². The number of Topliss-reactive ketones (excluding diaryl/α,β-unsaturated/α-hetero) is 1. The zero-order valence-corrected chi connectivity index (χ0v) is 13.3. The Balaban J connectivity index is 1.64. The van der Waals surface area contributed by atoms with Crippen LogP contribution in [0.4, 0.5) is 0 Å². The Bertz CT molecular complexity index is 526. The summed E-state index contributed by atoms with van der Waals surface area (Å²) in [7, 11) is 2.19. The number of hydrogen-bond donors (Lipinski definition) is 0. The van der Waals surface area contributed by atoms with E-state index < -0.39 is 0 Å². The van der Waals surface area contributed by atoms with Crippen molar-refractivity contribution in [1.82, 2.24) is 9.80 Å². The maximum absolute atomic E-state index is 12.5. The lowest BCUT2D eigenvalue weighted by atomic mass is 10.0. The molecule has 3 heteroatoms. The molecular formula is C18H26N2O. The molecule has 114 valence electrons. The van der Waals surface area contributed by atoms with Crippen molar-refractivity contribution in [3.63, 3.8) is 0 Å². The second kappa shape index (κ2) is 6.29. The quantitative estimate of drug-likeness (QED) is 0.794. The molecule has 0 bridgehead atoms. The number of fused-ring (bicyclic) bond motifs is 1. The highest BCUT2D eigenvalue weighted by atomic mass is 16.1. The van der Waals surface area contributed by atoms with E-state index in [4.69, 9.17) is 0 Å². The molecule has 0 saturated carbocycles. The van der Waals surface area contributed by atoms with Gasteiger partial charge in [-0.2, -0.15) is 0 Å². The lowest BCUT2D eigenvalue weighted by molar-refractivity contribution is 0.0743. The van der Waals surface area contributed by atoms with E-state index in [-0.39, 0.29) is 5.78 Å². The average Bonchev–Trinajstić information content (AvgIpc) is 2.96.